The van der Waals surface area contributed by atoms with Gasteiger partial charge in [0.15, 0.2) is 0 Å². The monoisotopic (exact) mass is 189 g/mol. The Morgan fingerprint density at radius 1 is 1.43 bits per heavy atom. The zero-order valence-corrected chi connectivity index (χ0v) is 9.16. The minimum Gasteiger partial charge on any atom is -0.198 e. The molecule has 76 valence electrons. The Bertz CT molecular complexity index is 239. The fourth-order valence-corrected chi connectivity index (χ4v) is 1.33. The summed E-state index contributed by atoms with van der Waals surface area (Å²) in [5, 5.41) is 8.66. The Hall–Kier alpha value is -1.21. The van der Waals surface area contributed by atoms with Gasteiger partial charge in [0.05, 0.1) is 6.07 Å². The van der Waals surface area contributed by atoms with Crippen molar-refractivity contribution in [2.45, 2.75) is 39.5 Å². The lowest BCUT2D eigenvalue weighted by Gasteiger charge is -2.09. The highest BCUT2D eigenvalue weighted by Gasteiger charge is 2.08. The van der Waals surface area contributed by atoms with E-state index in [0.717, 1.165) is 25.7 Å². The van der Waals surface area contributed by atoms with E-state index in [0.29, 0.717) is 0 Å². The molecule has 0 aliphatic heterocycles. The first kappa shape index (κ1) is 12.8. The molecule has 1 heteroatoms. The average molecular weight is 189 g/mol. The summed E-state index contributed by atoms with van der Waals surface area (Å²) >= 11 is 0. The van der Waals surface area contributed by atoms with Crippen LogP contribution in [-0.2, 0) is 0 Å². The van der Waals surface area contributed by atoms with E-state index in [2.05, 4.69) is 31.1 Å². The molecule has 0 rings (SSSR count). The van der Waals surface area contributed by atoms with Gasteiger partial charge in [-0.25, -0.2) is 0 Å². The van der Waals surface area contributed by atoms with Crippen LogP contribution in [-0.4, -0.2) is 0 Å². The largest absolute Gasteiger partial charge is 0.198 e. The SMILES string of the molecule is C#CC(CCC=CCC)CC(C)C#N. The predicted octanol–water partition coefficient (Wildman–Crippen LogP) is 3.53. The predicted molar refractivity (Wildman–Crippen MR) is 60.4 cm³/mol. The molecule has 0 aliphatic carbocycles. The van der Waals surface area contributed by atoms with Crippen LogP contribution in [0.15, 0.2) is 12.2 Å². The van der Waals surface area contributed by atoms with Gasteiger partial charge in [-0.2, -0.15) is 5.26 Å². The number of hydrogen-bond donors (Lipinski definition) is 0. The van der Waals surface area contributed by atoms with Crippen LogP contribution in [0.1, 0.15) is 39.5 Å². The molecule has 0 amide bonds. The lowest BCUT2D eigenvalue weighted by atomic mass is 9.93. The Labute approximate surface area is 87.8 Å². The van der Waals surface area contributed by atoms with Crippen molar-refractivity contribution in [2.75, 3.05) is 0 Å². The third-order valence-corrected chi connectivity index (χ3v) is 2.18. The molecule has 0 aliphatic rings. The van der Waals surface area contributed by atoms with E-state index in [4.69, 9.17) is 11.7 Å². The first-order chi connectivity index (χ1) is 6.74. The van der Waals surface area contributed by atoms with E-state index < -0.39 is 0 Å². The molecule has 2 unspecified atom stereocenters. The van der Waals surface area contributed by atoms with Crippen molar-refractivity contribution in [3.63, 3.8) is 0 Å². The highest BCUT2D eigenvalue weighted by atomic mass is 14.3. The molecular formula is C13H19N. The minimum atomic E-state index is 0.0752. The van der Waals surface area contributed by atoms with Crippen molar-refractivity contribution < 1.29 is 0 Å². The molecule has 0 bridgehead atoms. The molecule has 0 saturated heterocycles. The topological polar surface area (TPSA) is 23.8 Å². The second-order valence-corrected chi connectivity index (χ2v) is 3.59. The van der Waals surface area contributed by atoms with Gasteiger partial charge < -0.3 is 0 Å². The van der Waals surface area contributed by atoms with Gasteiger partial charge in [-0.05, 0) is 32.6 Å². The van der Waals surface area contributed by atoms with Gasteiger partial charge >= 0.3 is 0 Å². The standard InChI is InChI=1S/C13H19N/c1-4-6-7-8-9-13(5-2)10-12(3)11-14/h2,6-7,12-13H,4,8-10H2,1,3H3. The molecule has 0 saturated carbocycles. The molecular weight excluding hydrogens is 170 g/mol. The van der Waals surface area contributed by atoms with E-state index in [1.807, 2.05) is 6.92 Å². The molecule has 1 nitrogen and oxygen atoms in total. The Morgan fingerprint density at radius 2 is 2.14 bits per heavy atom. The molecule has 0 aromatic carbocycles. The van der Waals surface area contributed by atoms with Crippen molar-refractivity contribution in [3.8, 4) is 18.4 Å². The normalized spacial score (nSPS) is 14.6. The number of nitrogens with zero attached hydrogens (tertiary/aromatic N) is 1. The van der Waals surface area contributed by atoms with Crippen LogP contribution < -0.4 is 0 Å². The summed E-state index contributed by atoms with van der Waals surface area (Å²) < 4.78 is 0. The molecule has 14 heavy (non-hydrogen) atoms. The van der Waals surface area contributed by atoms with Crippen LogP contribution in [0.4, 0.5) is 0 Å². The lowest BCUT2D eigenvalue weighted by molar-refractivity contribution is 0.503. The Morgan fingerprint density at radius 3 is 2.64 bits per heavy atom. The molecule has 0 aromatic heterocycles. The van der Waals surface area contributed by atoms with Crippen LogP contribution in [0.3, 0.4) is 0 Å². The van der Waals surface area contributed by atoms with Gasteiger partial charge in [-0.15, -0.1) is 12.3 Å². The molecule has 0 heterocycles. The maximum atomic E-state index is 8.66. The molecule has 0 N–H and O–H groups in total. The van der Waals surface area contributed by atoms with Crippen LogP contribution >= 0.6 is 0 Å². The third-order valence-electron chi connectivity index (χ3n) is 2.18. The van der Waals surface area contributed by atoms with Crippen molar-refractivity contribution in [1.82, 2.24) is 0 Å². The van der Waals surface area contributed by atoms with E-state index >= 15 is 0 Å². The van der Waals surface area contributed by atoms with Gasteiger partial charge in [0, 0.05) is 11.8 Å². The number of hydrogen-bond acceptors (Lipinski definition) is 1. The smallest absolute Gasteiger partial charge is 0.0653 e. The molecule has 0 spiro atoms. The van der Waals surface area contributed by atoms with Gasteiger partial charge in [-0.3, -0.25) is 0 Å². The van der Waals surface area contributed by atoms with Gasteiger partial charge in [0.25, 0.3) is 0 Å². The molecule has 0 fully saturated rings. The van der Waals surface area contributed by atoms with E-state index in [1.54, 1.807) is 0 Å². The van der Waals surface area contributed by atoms with Gasteiger partial charge in [-0.1, -0.05) is 19.1 Å². The number of rotatable bonds is 6. The highest BCUT2D eigenvalue weighted by molar-refractivity contribution is 4.97. The van der Waals surface area contributed by atoms with Crippen molar-refractivity contribution >= 4 is 0 Å². The number of allylic oxidation sites excluding steroid dienone is 2. The molecule has 2 atom stereocenters. The third kappa shape index (κ3) is 6.32. The first-order valence-corrected chi connectivity index (χ1v) is 5.25. The maximum Gasteiger partial charge on any atom is 0.0653 e. The van der Waals surface area contributed by atoms with Gasteiger partial charge in [0.2, 0.25) is 0 Å². The van der Waals surface area contributed by atoms with Crippen LogP contribution in [0.2, 0.25) is 0 Å². The van der Waals surface area contributed by atoms with Crippen molar-refractivity contribution in [3.05, 3.63) is 12.2 Å². The first-order valence-electron chi connectivity index (χ1n) is 5.25. The maximum absolute atomic E-state index is 8.66. The zero-order valence-electron chi connectivity index (χ0n) is 9.16. The quantitative estimate of drug-likeness (QED) is 0.463. The number of nitriles is 1. The zero-order chi connectivity index (χ0) is 10.8. The molecule has 0 aromatic rings. The summed E-state index contributed by atoms with van der Waals surface area (Å²) in [4.78, 5) is 0. The van der Waals surface area contributed by atoms with E-state index in [-0.39, 0.29) is 11.8 Å². The Balaban J connectivity index is 3.77. The summed E-state index contributed by atoms with van der Waals surface area (Å²) in [7, 11) is 0. The van der Waals surface area contributed by atoms with Crippen molar-refractivity contribution in [2.24, 2.45) is 11.8 Å². The summed E-state index contributed by atoms with van der Waals surface area (Å²) in [6.45, 7) is 4.04. The summed E-state index contributed by atoms with van der Waals surface area (Å²) in [6.07, 6.45) is 13.7. The van der Waals surface area contributed by atoms with Crippen LogP contribution in [0.5, 0.6) is 0 Å². The number of terminal acetylenes is 1. The minimum absolute atomic E-state index is 0.0752. The summed E-state index contributed by atoms with van der Waals surface area (Å²) in [6, 6.07) is 2.22. The highest BCUT2D eigenvalue weighted by Crippen LogP contribution is 2.16. The summed E-state index contributed by atoms with van der Waals surface area (Å²) in [5.74, 6) is 3.09. The van der Waals surface area contributed by atoms with E-state index in [1.165, 1.54) is 0 Å². The second-order valence-electron chi connectivity index (χ2n) is 3.59. The average Bonchev–Trinajstić information content (AvgIpc) is 2.22. The van der Waals surface area contributed by atoms with Crippen LogP contribution in [0, 0.1) is 35.5 Å². The van der Waals surface area contributed by atoms with Crippen LogP contribution in [0.25, 0.3) is 0 Å². The van der Waals surface area contributed by atoms with Gasteiger partial charge in [0.1, 0.15) is 0 Å². The fourth-order valence-electron chi connectivity index (χ4n) is 1.33. The Kier molecular flexibility index (Phi) is 7.67. The molecule has 0 radical (unpaired) electrons. The summed E-state index contributed by atoms with van der Waals surface area (Å²) in [5.41, 5.74) is 0. The fraction of sp³-hybridized carbons (Fsp3) is 0.615. The van der Waals surface area contributed by atoms with Crippen molar-refractivity contribution in [1.29, 1.82) is 5.26 Å². The lowest BCUT2D eigenvalue weighted by Crippen LogP contribution is -2.02. The van der Waals surface area contributed by atoms with E-state index in [9.17, 15) is 0 Å². The second kappa shape index (κ2) is 8.39.